The molecule has 29 heavy (non-hydrogen) atoms. The predicted molar refractivity (Wildman–Crippen MR) is 98.4 cm³/mol. The summed E-state index contributed by atoms with van der Waals surface area (Å²) >= 11 is 0. The van der Waals surface area contributed by atoms with Crippen LogP contribution in [0.15, 0.2) is 42.5 Å². The number of amides is 2. The van der Waals surface area contributed by atoms with Gasteiger partial charge in [-0.1, -0.05) is 18.2 Å². The molecule has 154 valence electrons. The van der Waals surface area contributed by atoms with Crippen LogP contribution in [0.4, 0.5) is 13.2 Å². The summed E-state index contributed by atoms with van der Waals surface area (Å²) in [6.07, 6.45) is -4.47. The lowest BCUT2D eigenvalue weighted by atomic mass is 10.0. The predicted octanol–water partition coefficient (Wildman–Crippen LogP) is 2.81. The minimum Gasteiger partial charge on any atom is -0.488 e. The van der Waals surface area contributed by atoms with Crippen LogP contribution < -0.4 is 20.1 Å². The van der Waals surface area contributed by atoms with E-state index in [1.54, 1.807) is 18.2 Å². The normalized spacial score (nSPS) is 15.2. The number of ether oxygens (including phenoxy) is 2. The van der Waals surface area contributed by atoms with Crippen molar-refractivity contribution < 1.29 is 32.2 Å². The van der Waals surface area contributed by atoms with Gasteiger partial charge in [-0.15, -0.1) is 13.2 Å². The van der Waals surface area contributed by atoms with Crippen LogP contribution in [0, 0.1) is 0 Å². The van der Waals surface area contributed by atoms with Crippen molar-refractivity contribution in [3.05, 3.63) is 48.0 Å². The first kappa shape index (κ1) is 20.5. The third kappa shape index (κ3) is 5.87. The third-order valence-electron chi connectivity index (χ3n) is 4.23. The number of carbonyl (C=O) groups excluding carboxylic acids is 2. The van der Waals surface area contributed by atoms with E-state index in [9.17, 15) is 22.8 Å². The molecule has 2 aromatic rings. The van der Waals surface area contributed by atoms with Crippen molar-refractivity contribution in [2.75, 3.05) is 13.1 Å². The zero-order valence-electron chi connectivity index (χ0n) is 15.5. The third-order valence-corrected chi connectivity index (χ3v) is 4.23. The summed E-state index contributed by atoms with van der Waals surface area (Å²) in [5, 5.41) is 5.10. The van der Waals surface area contributed by atoms with Crippen LogP contribution in [-0.4, -0.2) is 37.4 Å². The van der Waals surface area contributed by atoms with Crippen LogP contribution in [-0.2, 0) is 16.0 Å². The number of hydrogen-bond acceptors (Lipinski definition) is 4. The summed E-state index contributed by atoms with van der Waals surface area (Å²) in [6.45, 7) is 1.50. The molecule has 0 saturated carbocycles. The summed E-state index contributed by atoms with van der Waals surface area (Å²) in [5.74, 6) is -0.229. The maximum atomic E-state index is 12.4. The lowest BCUT2D eigenvalue weighted by Gasteiger charge is -2.12. The first-order chi connectivity index (χ1) is 13.7. The van der Waals surface area contributed by atoms with Gasteiger partial charge in [-0.3, -0.25) is 9.59 Å². The molecule has 0 unspecified atom stereocenters. The molecule has 2 N–H and O–H groups in total. The van der Waals surface area contributed by atoms with Crippen molar-refractivity contribution in [1.29, 1.82) is 0 Å². The van der Waals surface area contributed by atoms with Gasteiger partial charge in [0, 0.05) is 13.3 Å². The Morgan fingerprint density at radius 2 is 1.90 bits per heavy atom. The molecular formula is C20H19F3N2O4. The quantitative estimate of drug-likeness (QED) is 0.771. The number of halogens is 3. The number of alkyl halides is 3. The highest BCUT2D eigenvalue weighted by atomic mass is 19.4. The Kier molecular flexibility index (Phi) is 5.95. The fourth-order valence-electron chi connectivity index (χ4n) is 2.98. The molecule has 0 bridgehead atoms. The second kappa shape index (κ2) is 8.42. The van der Waals surface area contributed by atoms with Gasteiger partial charge in [-0.05, 0) is 41.0 Å². The Balaban J connectivity index is 1.63. The van der Waals surface area contributed by atoms with Crippen molar-refractivity contribution in [2.24, 2.45) is 0 Å². The molecule has 0 spiro atoms. The van der Waals surface area contributed by atoms with Crippen LogP contribution >= 0.6 is 0 Å². The van der Waals surface area contributed by atoms with E-state index in [-0.39, 0.29) is 36.8 Å². The van der Waals surface area contributed by atoms with Gasteiger partial charge in [-0.25, -0.2) is 0 Å². The maximum absolute atomic E-state index is 12.4. The Hall–Kier alpha value is -3.23. The molecule has 0 aromatic heterocycles. The largest absolute Gasteiger partial charge is 0.573 e. The van der Waals surface area contributed by atoms with E-state index in [0.29, 0.717) is 17.7 Å². The Bertz CT molecular complexity index is 915. The van der Waals surface area contributed by atoms with Crippen LogP contribution in [0.2, 0.25) is 0 Å². The SMILES string of the molecule is CC(=O)NCC(=O)NC[C@@H]1Cc2cc(-c3cccc(OC(F)(F)F)c3)ccc2O1. The molecule has 2 amide bonds. The molecule has 1 aliphatic rings. The Morgan fingerprint density at radius 1 is 1.14 bits per heavy atom. The second-order valence-electron chi connectivity index (χ2n) is 6.56. The summed E-state index contributed by atoms with van der Waals surface area (Å²) in [4.78, 5) is 22.5. The van der Waals surface area contributed by atoms with E-state index < -0.39 is 6.36 Å². The number of benzene rings is 2. The van der Waals surface area contributed by atoms with Gasteiger partial charge in [0.1, 0.15) is 17.6 Å². The number of carbonyl (C=O) groups is 2. The average Bonchev–Trinajstić information content (AvgIpc) is 3.05. The van der Waals surface area contributed by atoms with Crippen molar-refractivity contribution >= 4 is 11.8 Å². The van der Waals surface area contributed by atoms with E-state index in [1.165, 1.54) is 25.1 Å². The summed E-state index contributed by atoms with van der Waals surface area (Å²) < 4.78 is 47.0. The van der Waals surface area contributed by atoms with Crippen molar-refractivity contribution in [1.82, 2.24) is 10.6 Å². The molecule has 1 atom stereocenters. The van der Waals surface area contributed by atoms with Gasteiger partial charge in [0.25, 0.3) is 0 Å². The molecule has 0 aliphatic carbocycles. The van der Waals surface area contributed by atoms with E-state index in [0.717, 1.165) is 11.1 Å². The lowest BCUT2D eigenvalue weighted by Crippen LogP contribution is -2.40. The average molecular weight is 408 g/mol. The first-order valence-electron chi connectivity index (χ1n) is 8.86. The topological polar surface area (TPSA) is 76.7 Å². The molecule has 0 fully saturated rings. The molecule has 3 rings (SSSR count). The molecule has 0 radical (unpaired) electrons. The highest BCUT2D eigenvalue weighted by Gasteiger charge is 2.31. The van der Waals surface area contributed by atoms with E-state index in [2.05, 4.69) is 15.4 Å². The van der Waals surface area contributed by atoms with Gasteiger partial charge in [-0.2, -0.15) is 0 Å². The summed E-state index contributed by atoms with van der Waals surface area (Å²) in [6, 6.07) is 11.1. The first-order valence-corrected chi connectivity index (χ1v) is 8.86. The smallest absolute Gasteiger partial charge is 0.488 e. The number of rotatable bonds is 6. The maximum Gasteiger partial charge on any atom is 0.573 e. The fourth-order valence-corrected chi connectivity index (χ4v) is 2.98. The Labute approximate surface area is 165 Å². The highest BCUT2D eigenvalue weighted by Crippen LogP contribution is 2.34. The molecule has 2 aromatic carbocycles. The molecule has 1 heterocycles. The standard InChI is InChI=1S/C20H19F3N2O4/c1-12(26)24-11-19(27)25-10-17-9-15-7-14(5-6-18(15)28-17)13-3-2-4-16(8-13)29-20(21,22)23/h2-8,17H,9-11H2,1H3,(H,24,26)(H,25,27)/t17-/m0/s1. The zero-order valence-corrected chi connectivity index (χ0v) is 15.5. The van der Waals surface area contributed by atoms with Crippen molar-refractivity contribution in [3.8, 4) is 22.6 Å². The molecule has 6 nitrogen and oxygen atoms in total. The highest BCUT2D eigenvalue weighted by molar-refractivity contribution is 5.83. The van der Waals surface area contributed by atoms with Gasteiger partial charge >= 0.3 is 6.36 Å². The van der Waals surface area contributed by atoms with Crippen LogP contribution in [0.25, 0.3) is 11.1 Å². The summed E-state index contributed by atoms with van der Waals surface area (Å²) in [5.41, 5.74) is 2.21. The zero-order chi connectivity index (χ0) is 21.0. The second-order valence-corrected chi connectivity index (χ2v) is 6.56. The van der Waals surface area contributed by atoms with Crippen LogP contribution in [0.5, 0.6) is 11.5 Å². The van der Waals surface area contributed by atoms with E-state index in [4.69, 9.17) is 4.74 Å². The van der Waals surface area contributed by atoms with Crippen LogP contribution in [0.3, 0.4) is 0 Å². The number of hydrogen-bond donors (Lipinski definition) is 2. The minimum atomic E-state index is -4.75. The van der Waals surface area contributed by atoms with Gasteiger partial charge in [0.05, 0.1) is 13.1 Å². The fraction of sp³-hybridized carbons (Fsp3) is 0.300. The van der Waals surface area contributed by atoms with Gasteiger partial charge < -0.3 is 20.1 Å². The molecular weight excluding hydrogens is 389 g/mol. The van der Waals surface area contributed by atoms with Crippen molar-refractivity contribution in [2.45, 2.75) is 25.8 Å². The number of nitrogens with one attached hydrogen (secondary N) is 2. The van der Waals surface area contributed by atoms with E-state index >= 15 is 0 Å². The van der Waals surface area contributed by atoms with Crippen molar-refractivity contribution in [3.63, 3.8) is 0 Å². The minimum absolute atomic E-state index is 0.102. The number of fused-ring (bicyclic) bond motifs is 1. The van der Waals surface area contributed by atoms with Gasteiger partial charge in [0.15, 0.2) is 0 Å². The molecule has 0 saturated heterocycles. The Morgan fingerprint density at radius 3 is 2.62 bits per heavy atom. The van der Waals surface area contributed by atoms with E-state index in [1.807, 2.05) is 6.07 Å². The monoisotopic (exact) mass is 408 g/mol. The van der Waals surface area contributed by atoms with Crippen LogP contribution in [0.1, 0.15) is 12.5 Å². The summed E-state index contributed by atoms with van der Waals surface area (Å²) in [7, 11) is 0. The lowest BCUT2D eigenvalue weighted by molar-refractivity contribution is -0.274. The van der Waals surface area contributed by atoms with Gasteiger partial charge in [0.2, 0.25) is 11.8 Å². The molecule has 9 heteroatoms. The molecule has 1 aliphatic heterocycles.